The number of rotatable bonds is 6. The Morgan fingerprint density at radius 2 is 1.84 bits per heavy atom. The van der Waals surface area contributed by atoms with Crippen LogP contribution in [0, 0.1) is 5.92 Å². The van der Waals surface area contributed by atoms with Gasteiger partial charge in [-0.05, 0) is 36.1 Å². The number of carbonyl (C=O) groups is 3. The monoisotopic (exact) mass is 458 g/mol. The number of pyridine rings is 1. The Kier molecular flexibility index (Phi) is 7.37. The third-order valence-corrected chi connectivity index (χ3v) is 6.66. The summed E-state index contributed by atoms with van der Waals surface area (Å²) >= 11 is 0. The average molecular weight is 459 g/mol. The number of benzene rings is 1. The standard InChI is InChI=1S/C22H26N4O5S/c1-14(2)19(26-32(30,31)16-8-4-3-5-9-16)21(28)25-18-13-17-15(7-6-11-23-17)10-12-24-22(29)20(18)27/h3-9,11,14,18-19,26H,10,12-13H2,1-2H3,(H,24,29)(H,25,28). The molecule has 170 valence electrons. The predicted molar refractivity (Wildman–Crippen MR) is 117 cm³/mol. The summed E-state index contributed by atoms with van der Waals surface area (Å²) in [5.41, 5.74) is 1.47. The lowest BCUT2D eigenvalue weighted by Gasteiger charge is -2.24. The van der Waals surface area contributed by atoms with Gasteiger partial charge in [0.1, 0.15) is 12.1 Å². The van der Waals surface area contributed by atoms with Crippen LogP contribution in [0.4, 0.5) is 0 Å². The number of hydrogen-bond donors (Lipinski definition) is 3. The Hall–Kier alpha value is -3.11. The first-order chi connectivity index (χ1) is 15.2. The van der Waals surface area contributed by atoms with E-state index in [4.69, 9.17) is 0 Å². The van der Waals surface area contributed by atoms with Gasteiger partial charge in [-0.25, -0.2) is 8.42 Å². The summed E-state index contributed by atoms with van der Waals surface area (Å²) in [6, 6.07) is 9.00. The average Bonchev–Trinajstić information content (AvgIpc) is 2.82. The minimum Gasteiger partial charge on any atom is -0.349 e. The molecule has 0 bridgehead atoms. The van der Waals surface area contributed by atoms with Gasteiger partial charge in [0.15, 0.2) is 0 Å². The maximum Gasteiger partial charge on any atom is 0.289 e. The van der Waals surface area contributed by atoms with E-state index in [2.05, 4.69) is 20.3 Å². The van der Waals surface area contributed by atoms with E-state index in [0.717, 1.165) is 5.56 Å². The van der Waals surface area contributed by atoms with E-state index in [0.29, 0.717) is 12.1 Å². The Morgan fingerprint density at radius 1 is 1.12 bits per heavy atom. The summed E-state index contributed by atoms with van der Waals surface area (Å²) < 4.78 is 27.9. The van der Waals surface area contributed by atoms with Gasteiger partial charge in [-0.3, -0.25) is 19.4 Å². The van der Waals surface area contributed by atoms with Crippen LogP contribution in [-0.2, 0) is 37.2 Å². The summed E-state index contributed by atoms with van der Waals surface area (Å²) in [5, 5.41) is 5.13. The van der Waals surface area contributed by atoms with Crippen LogP contribution >= 0.6 is 0 Å². The second-order valence-electron chi connectivity index (χ2n) is 7.90. The predicted octanol–water partition coefficient (Wildman–Crippen LogP) is 0.353. The molecule has 0 saturated heterocycles. The van der Waals surface area contributed by atoms with E-state index < -0.39 is 45.6 Å². The van der Waals surface area contributed by atoms with Crippen molar-refractivity contribution in [2.45, 2.75) is 43.7 Å². The van der Waals surface area contributed by atoms with Crippen LogP contribution in [0.2, 0.25) is 0 Å². The van der Waals surface area contributed by atoms with Crippen molar-refractivity contribution in [3.8, 4) is 0 Å². The molecule has 1 aromatic heterocycles. The van der Waals surface area contributed by atoms with E-state index in [1.54, 1.807) is 44.3 Å². The molecule has 0 fully saturated rings. The van der Waals surface area contributed by atoms with Crippen LogP contribution in [0.5, 0.6) is 0 Å². The summed E-state index contributed by atoms with van der Waals surface area (Å²) in [5.74, 6) is -2.71. The molecule has 0 spiro atoms. The molecular formula is C22H26N4O5S. The fourth-order valence-electron chi connectivity index (χ4n) is 3.43. The normalized spacial score (nSPS) is 18.0. The van der Waals surface area contributed by atoms with E-state index >= 15 is 0 Å². The van der Waals surface area contributed by atoms with Crippen LogP contribution < -0.4 is 15.4 Å². The first kappa shape index (κ1) is 23.6. The van der Waals surface area contributed by atoms with Crippen molar-refractivity contribution >= 4 is 27.6 Å². The second kappa shape index (κ2) is 10.0. The maximum absolute atomic E-state index is 13.1. The van der Waals surface area contributed by atoms with Gasteiger partial charge in [0, 0.05) is 24.9 Å². The fraction of sp³-hybridized carbons (Fsp3) is 0.364. The van der Waals surface area contributed by atoms with Gasteiger partial charge in [-0.15, -0.1) is 0 Å². The van der Waals surface area contributed by atoms with E-state index in [9.17, 15) is 22.8 Å². The largest absolute Gasteiger partial charge is 0.349 e. The SMILES string of the molecule is CC(C)C(NS(=O)(=O)c1ccccc1)C(=O)NC1Cc2ncccc2CCNC(=O)C1=O. The number of sulfonamides is 1. The highest BCUT2D eigenvalue weighted by Crippen LogP contribution is 2.14. The molecule has 2 amide bonds. The molecule has 0 radical (unpaired) electrons. The van der Waals surface area contributed by atoms with Crippen LogP contribution in [0.25, 0.3) is 0 Å². The van der Waals surface area contributed by atoms with E-state index in [1.165, 1.54) is 12.1 Å². The summed E-state index contributed by atoms with van der Waals surface area (Å²) in [6.07, 6.45) is 2.12. The Morgan fingerprint density at radius 3 is 2.53 bits per heavy atom. The zero-order chi connectivity index (χ0) is 23.3. The molecule has 3 rings (SSSR count). The van der Waals surface area contributed by atoms with Crippen LogP contribution in [0.15, 0.2) is 53.6 Å². The van der Waals surface area contributed by atoms with Gasteiger partial charge in [-0.2, -0.15) is 4.72 Å². The number of hydrogen-bond acceptors (Lipinski definition) is 6. The Labute approximate surface area is 187 Å². The third-order valence-electron chi connectivity index (χ3n) is 5.20. The van der Waals surface area contributed by atoms with E-state index in [-0.39, 0.29) is 17.9 Å². The molecule has 3 N–H and O–H groups in total. The highest BCUT2D eigenvalue weighted by molar-refractivity contribution is 7.89. The van der Waals surface area contributed by atoms with Gasteiger partial charge in [0.25, 0.3) is 5.91 Å². The zero-order valence-electron chi connectivity index (χ0n) is 17.9. The molecule has 32 heavy (non-hydrogen) atoms. The molecule has 9 nitrogen and oxygen atoms in total. The lowest BCUT2D eigenvalue weighted by Crippen LogP contribution is -2.55. The fourth-order valence-corrected chi connectivity index (χ4v) is 4.80. The number of amides is 2. The Bertz CT molecular complexity index is 1100. The van der Waals surface area contributed by atoms with Gasteiger partial charge in [0.2, 0.25) is 21.7 Å². The molecule has 2 unspecified atom stereocenters. The van der Waals surface area contributed by atoms with Gasteiger partial charge >= 0.3 is 0 Å². The van der Waals surface area contributed by atoms with Gasteiger partial charge in [-0.1, -0.05) is 38.1 Å². The van der Waals surface area contributed by atoms with Crippen molar-refractivity contribution in [3.05, 3.63) is 59.9 Å². The zero-order valence-corrected chi connectivity index (χ0v) is 18.7. The van der Waals surface area contributed by atoms with Crippen LogP contribution in [0.1, 0.15) is 25.1 Å². The number of carbonyl (C=O) groups excluding carboxylic acids is 3. The number of Topliss-reactive ketones (excluding diaryl/α,β-unsaturated/α-hetero) is 1. The van der Waals surface area contributed by atoms with Crippen molar-refractivity contribution in [1.29, 1.82) is 0 Å². The molecule has 10 heteroatoms. The molecule has 2 aromatic rings. The number of fused-ring (bicyclic) bond motifs is 1. The summed E-state index contributed by atoms with van der Waals surface area (Å²) in [6.45, 7) is 3.65. The van der Waals surface area contributed by atoms with Crippen LogP contribution in [-0.4, -0.2) is 49.6 Å². The van der Waals surface area contributed by atoms with Crippen molar-refractivity contribution < 1.29 is 22.8 Å². The lowest BCUT2D eigenvalue weighted by atomic mass is 10.00. The summed E-state index contributed by atoms with van der Waals surface area (Å²) in [7, 11) is -3.97. The highest BCUT2D eigenvalue weighted by atomic mass is 32.2. The number of ketones is 1. The van der Waals surface area contributed by atoms with Crippen molar-refractivity contribution in [1.82, 2.24) is 20.3 Å². The first-order valence-electron chi connectivity index (χ1n) is 10.3. The first-order valence-corrected chi connectivity index (χ1v) is 11.8. The molecule has 2 atom stereocenters. The third kappa shape index (κ3) is 5.57. The van der Waals surface area contributed by atoms with E-state index in [1.807, 2.05) is 6.07 Å². The number of nitrogens with one attached hydrogen (secondary N) is 3. The number of aromatic nitrogens is 1. The second-order valence-corrected chi connectivity index (χ2v) is 9.61. The molecule has 1 aromatic carbocycles. The van der Waals surface area contributed by atoms with Crippen LogP contribution in [0.3, 0.4) is 0 Å². The molecule has 1 aliphatic heterocycles. The molecule has 0 saturated carbocycles. The minimum atomic E-state index is -3.97. The van der Waals surface area contributed by atoms with Crippen molar-refractivity contribution in [2.24, 2.45) is 5.92 Å². The van der Waals surface area contributed by atoms with Crippen molar-refractivity contribution in [3.63, 3.8) is 0 Å². The Balaban J connectivity index is 1.84. The maximum atomic E-state index is 13.1. The highest BCUT2D eigenvalue weighted by Gasteiger charge is 2.34. The molecule has 1 aliphatic rings. The molecule has 2 heterocycles. The molecule has 0 aliphatic carbocycles. The number of nitrogens with zero attached hydrogens (tertiary/aromatic N) is 1. The van der Waals surface area contributed by atoms with Gasteiger partial charge < -0.3 is 10.6 Å². The molecular weight excluding hydrogens is 432 g/mol. The smallest absolute Gasteiger partial charge is 0.289 e. The van der Waals surface area contributed by atoms with Gasteiger partial charge in [0.05, 0.1) is 4.90 Å². The quantitative estimate of drug-likeness (QED) is 0.535. The minimum absolute atomic E-state index is 0.0227. The lowest BCUT2D eigenvalue weighted by molar-refractivity contribution is -0.140. The van der Waals surface area contributed by atoms with Crippen molar-refractivity contribution in [2.75, 3.05) is 6.54 Å². The topological polar surface area (TPSA) is 134 Å². The summed E-state index contributed by atoms with van der Waals surface area (Å²) in [4.78, 5) is 42.3.